The summed E-state index contributed by atoms with van der Waals surface area (Å²) in [5.41, 5.74) is 0. The van der Waals surface area contributed by atoms with Crippen LogP contribution < -0.4 is 5.32 Å². The first-order valence-corrected chi connectivity index (χ1v) is 9.19. The number of nitrogens with one attached hydrogen (secondary N) is 1. The summed E-state index contributed by atoms with van der Waals surface area (Å²) in [6.45, 7) is 8.08. The second kappa shape index (κ2) is 6.53. The van der Waals surface area contributed by atoms with Crippen molar-refractivity contribution in [3.8, 4) is 0 Å². The van der Waals surface area contributed by atoms with Gasteiger partial charge in [-0.15, -0.1) is 11.3 Å². The highest BCUT2D eigenvalue weighted by Crippen LogP contribution is 2.27. The molecule has 0 spiro atoms. The van der Waals surface area contributed by atoms with Crippen LogP contribution in [0.5, 0.6) is 0 Å². The van der Waals surface area contributed by atoms with Crippen molar-refractivity contribution in [1.82, 2.24) is 9.62 Å². The van der Waals surface area contributed by atoms with Crippen molar-refractivity contribution in [3.05, 3.63) is 16.3 Å². The summed E-state index contributed by atoms with van der Waals surface area (Å²) in [6.07, 6.45) is -0.131. The minimum absolute atomic E-state index is 0.0654. The molecule has 2 heterocycles. The van der Waals surface area contributed by atoms with Gasteiger partial charge in [0.1, 0.15) is 0 Å². The Hall–Kier alpha value is -0.470. The normalized spacial score (nSPS) is 24.9. The minimum Gasteiger partial charge on any atom is -0.373 e. The van der Waals surface area contributed by atoms with Gasteiger partial charge in [-0.2, -0.15) is 4.31 Å². The molecule has 114 valence electrons. The number of rotatable bonds is 5. The second-order valence-electron chi connectivity index (χ2n) is 5.07. The zero-order valence-electron chi connectivity index (χ0n) is 12.1. The summed E-state index contributed by atoms with van der Waals surface area (Å²) in [5, 5.41) is 5.03. The van der Waals surface area contributed by atoms with Crippen molar-refractivity contribution in [3.63, 3.8) is 0 Å². The fourth-order valence-corrected chi connectivity index (χ4v) is 5.37. The van der Waals surface area contributed by atoms with Gasteiger partial charge in [-0.1, -0.05) is 6.92 Å². The lowest BCUT2D eigenvalue weighted by atomic mass is 10.3. The number of thiophene rings is 1. The van der Waals surface area contributed by atoms with E-state index in [0.29, 0.717) is 24.5 Å². The molecule has 0 aliphatic carbocycles. The van der Waals surface area contributed by atoms with Gasteiger partial charge in [-0.05, 0) is 31.8 Å². The highest BCUT2D eigenvalue weighted by atomic mass is 32.2. The molecule has 20 heavy (non-hydrogen) atoms. The van der Waals surface area contributed by atoms with Crippen molar-refractivity contribution < 1.29 is 13.2 Å². The van der Waals surface area contributed by atoms with E-state index in [1.54, 1.807) is 10.4 Å². The van der Waals surface area contributed by atoms with Gasteiger partial charge in [0.05, 0.1) is 17.1 Å². The first-order chi connectivity index (χ1) is 9.45. The van der Waals surface area contributed by atoms with Gasteiger partial charge >= 0.3 is 0 Å². The third kappa shape index (κ3) is 3.40. The average molecular weight is 318 g/mol. The smallest absolute Gasteiger partial charge is 0.244 e. The summed E-state index contributed by atoms with van der Waals surface area (Å²) < 4.78 is 32.7. The van der Waals surface area contributed by atoms with Crippen molar-refractivity contribution in [2.45, 2.75) is 44.4 Å². The molecule has 1 aromatic rings. The van der Waals surface area contributed by atoms with Crippen LogP contribution in [0, 0.1) is 0 Å². The summed E-state index contributed by atoms with van der Waals surface area (Å²) in [5.74, 6) is 0. The zero-order chi connectivity index (χ0) is 14.8. The highest BCUT2D eigenvalue weighted by Gasteiger charge is 2.33. The Bertz CT molecular complexity index is 532. The van der Waals surface area contributed by atoms with Crippen molar-refractivity contribution >= 4 is 21.4 Å². The molecule has 0 radical (unpaired) electrons. The van der Waals surface area contributed by atoms with Crippen LogP contribution >= 0.6 is 11.3 Å². The molecule has 1 saturated heterocycles. The Morgan fingerprint density at radius 2 is 2.05 bits per heavy atom. The number of nitrogens with zero attached hydrogens (tertiary/aromatic N) is 1. The first-order valence-electron chi connectivity index (χ1n) is 6.87. The molecule has 1 aromatic heterocycles. The van der Waals surface area contributed by atoms with Crippen LogP contribution in [0.1, 0.15) is 25.6 Å². The fraction of sp³-hybridized carbons (Fsp3) is 0.692. The number of hydrogen-bond donors (Lipinski definition) is 1. The Morgan fingerprint density at radius 1 is 1.40 bits per heavy atom. The van der Waals surface area contributed by atoms with E-state index in [1.165, 1.54) is 11.3 Å². The van der Waals surface area contributed by atoms with E-state index in [1.807, 2.05) is 26.2 Å². The Morgan fingerprint density at radius 3 is 2.65 bits per heavy atom. The molecule has 2 unspecified atom stereocenters. The van der Waals surface area contributed by atoms with Crippen molar-refractivity contribution in [2.75, 3.05) is 19.6 Å². The Kier molecular flexibility index (Phi) is 5.19. The van der Waals surface area contributed by atoms with Crippen LogP contribution in [0.2, 0.25) is 0 Å². The molecule has 2 atom stereocenters. The Labute approximate surface area is 125 Å². The third-order valence-corrected chi connectivity index (χ3v) is 6.21. The Balaban J connectivity index is 2.23. The van der Waals surface area contributed by atoms with Gasteiger partial charge in [0.25, 0.3) is 0 Å². The molecule has 0 bridgehead atoms. The van der Waals surface area contributed by atoms with Gasteiger partial charge in [0.2, 0.25) is 10.0 Å². The molecular formula is C13H22N2O3S2. The summed E-state index contributed by atoms with van der Waals surface area (Å²) >= 11 is 1.48. The predicted octanol–water partition coefficient (Wildman–Crippen LogP) is 1.66. The predicted molar refractivity (Wildman–Crippen MR) is 80.5 cm³/mol. The van der Waals surface area contributed by atoms with Gasteiger partial charge in [-0.25, -0.2) is 8.42 Å². The lowest BCUT2D eigenvalue weighted by Crippen LogP contribution is -2.48. The van der Waals surface area contributed by atoms with Crippen LogP contribution in [-0.2, 0) is 21.3 Å². The van der Waals surface area contributed by atoms with Crippen LogP contribution in [0.3, 0.4) is 0 Å². The number of sulfonamides is 1. The quantitative estimate of drug-likeness (QED) is 0.897. The maximum absolute atomic E-state index is 12.8. The standard InChI is InChI=1S/C13H22N2O3S2/c1-4-14-7-12-13(5-6-19-12)20(16,17)15-8-10(2)18-11(3)9-15/h5-6,10-11,14H,4,7-9H2,1-3H3. The maximum atomic E-state index is 12.8. The number of morpholine rings is 1. The molecule has 1 N–H and O–H groups in total. The number of ether oxygens (including phenoxy) is 1. The first kappa shape index (κ1) is 15.9. The highest BCUT2D eigenvalue weighted by molar-refractivity contribution is 7.89. The van der Waals surface area contributed by atoms with E-state index in [0.717, 1.165) is 11.4 Å². The van der Waals surface area contributed by atoms with Gasteiger partial charge in [0.15, 0.2) is 0 Å². The van der Waals surface area contributed by atoms with Gasteiger partial charge in [-0.3, -0.25) is 0 Å². The van der Waals surface area contributed by atoms with Gasteiger partial charge in [0, 0.05) is 24.5 Å². The third-order valence-electron chi connectivity index (χ3n) is 3.24. The van der Waals surface area contributed by atoms with Gasteiger partial charge < -0.3 is 10.1 Å². The summed E-state index contributed by atoms with van der Waals surface area (Å²) in [6, 6.07) is 1.71. The molecule has 1 aliphatic rings. The topological polar surface area (TPSA) is 58.6 Å². The number of hydrogen-bond acceptors (Lipinski definition) is 5. The maximum Gasteiger partial charge on any atom is 0.244 e. The molecular weight excluding hydrogens is 296 g/mol. The van der Waals surface area contributed by atoms with E-state index in [4.69, 9.17) is 4.74 Å². The molecule has 5 nitrogen and oxygen atoms in total. The molecule has 2 rings (SSSR count). The summed E-state index contributed by atoms with van der Waals surface area (Å²) in [4.78, 5) is 1.31. The molecule has 1 aliphatic heterocycles. The van der Waals surface area contributed by atoms with Crippen LogP contribution in [-0.4, -0.2) is 44.6 Å². The lowest BCUT2D eigenvalue weighted by molar-refractivity contribution is -0.0440. The van der Waals surface area contributed by atoms with Crippen LogP contribution in [0.25, 0.3) is 0 Å². The summed E-state index contributed by atoms with van der Waals surface area (Å²) in [7, 11) is -3.42. The molecule has 0 saturated carbocycles. The fourth-order valence-electron chi connectivity index (χ4n) is 2.39. The van der Waals surface area contributed by atoms with E-state index in [2.05, 4.69) is 5.32 Å². The van der Waals surface area contributed by atoms with Crippen LogP contribution in [0.15, 0.2) is 16.3 Å². The molecule has 7 heteroatoms. The van der Waals surface area contributed by atoms with E-state index < -0.39 is 10.0 Å². The SMILES string of the molecule is CCNCc1sccc1S(=O)(=O)N1CC(C)OC(C)C1. The second-order valence-corrected chi connectivity index (χ2v) is 7.97. The monoisotopic (exact) mass is 318 g/mol. The van der Waals surface area contributed by atoms with Crippen LogP contribution in [0.4, 0.5) is 0 Å². The van der Waals surface area contributed by atoms with Crippen molar-refractivity contribution in [2.24, 2.45) is 0 Å². The van der Waals surface area contributed by atoms with E-state index >= 15 is 0 Å². The minimum atomic E-state index is -3.42. The largest absolute Gasteiger partial charge is 0.373 e. The molecule has 0 aromatic carbocycles. The zero-order valence-corrected chi connectivity index (χ0v) is 13.8. The molecule has 1 fully saturated rings. The lowest BCUT2D eigenvalue weighted by Gasteiger charge is -2.34. The van der Waals surface area contributed by atoms with Crippen molar-refractivity contribution in [1.29, 1.82) is 0 Å². The van der Waals surface area contributed by atoms with E-state index in [9.17, 15) is 8.42 Å². The average Bonchev–Trinajstić information content (AvgIpc) is 2.84. The molecule has 0 amide bonds. The van der Waals surface area contributed by atoms with E-state index in [-0.39, 0.29) is 12.2 Å².